The average molecular weight is 440 g/mol. The molecule has 1 saturated heterocycles. The maximum Gasteiger partial charge on any atom is 0.312 e. The zero-order chi connectivity index (χ0) is 22.5. The Balaban J connectivity index is 1.24. The molecular formula is C28H41NO3. The highest BCUT2D eigenvalue weighted by Crippen LogP contribution is 2.66. The van der Waals surface area contributed by atoms with Crippen molar-refractivity contribution in [3.8, 4) is 0 Å². The Morgan fingerprint density at radius 1 is 1.09 bits per heavy atom. The standard InChI is InChI=1S/C28H41NO3/c1-19(30)23-8-9-24-22-7-6-20-18-21(32-26(31)12-17-29-15-4-5-16-29)10-13-27(20,2)25(22)11-14-28(23,24)3/h8,18,20,22,24-25H,4-7,9-17H2,1-3H3/t20-,22+,24+,25+,27-,28-/m0/s1. The summed E-state index contributed by atoms with van der Waals surface area (Å²) in [5.74, 6) is 3.76. The molecule has 0 aromatic heterocycles. The van der Waals surface area contributed by atoms with Gasteiger partial charge >= 0.3 is 5.97 Å². The molecule has 0 N–H and O–H groups in total. The molecule has 5 rings (SSSR count). The largest absolute Gasteiger partial charge is 0.431 e. The van der Waals surface area contributed by atoms with E-state index in [0.29, 0.717) is 23.7 Å². The molecule has 0 radical (unpaired) electrons. The zero-order valence-corrected chi connectivity index (χ0v) is 20.3. The first kappa shape index (κ1) is 22.4. The van der Waals surface area contributed by atoms with Crippen molar-refractivity contribution >= 4 is 11.8 Å². The molecule has 176 valence electrons. The van der Waals surface area contributed by atoms with E-state index in [1.807, 2.05) is 0 Å². The first-order chi connectivity index (χ1) is 15.3. The van der Waals surface area contributed by atoms with Crippen LogP contribution in [0.25, 0.3) is 0 Å². The Labute approximate surface area is 193 Å². The Bertz CT molecular complexity index is 838. The molecule has 0 bridgehead atoms. The summed E-state index contributed by atoms with van der Waals surface area (Å²) in [6.45, 7) is 9.72. The van der Waals surface area contributed by atoms with Crippen molar-refractivity contribution in [2.75, 3.05) is 19.6 Å². The molecule has 4 aliphatic carbocycles. The number of hydrogen-bond acceptors (Lipinski definition) is 4. The van der Waals surface area contributed by atoms with E-state index in [-0.39, 0.29) is 17.2 Å². The summed E-state index contributed by atoms with van der Waals surface area (Å²) in [5, 5.41) is 0. The van der Waals surface area contributed by atoms with E-state index in [2.05, 4.69) is 30.9 Å². The minimum Gasteiger partial charge on any atom is -0.431 e. The summed E-state index contributed by atoms with van der Waals surface area (Å²) >= 11 is 0. The van der Waals surface area contributed by atoms with E-state index < -0.39 is 0 Å². The van der Waals surface area contributed by atoms with Gasteiger partial charge in [0.05, 0.1) is 6.42 Å². The molecule has 1 heterocycles. The highest BCUT2D eigenvalue weighted by Gasteiger charge is 2.58. The van der Waals surface area contributed by atoms with Gasteiger partial charge in [0.1, 0.15) is 5.76 Å². The fourth-order valence-electron chi connectivity index (χ4n) is 8.48. The number of hydrogen-bond donors (Lipinski definition) is 0. The number of fused-ring (bicyclic) bond motifs is 5. The molecule has 4 heteroatoms. The van der Waals surface area contributed by atoms with Crippen LogP contribution in [0.3, 0.4) is 0 Å². The van der Waals surface area contributed by atoms with E-state index in [4.69, 9.17) is 4.74 Å². The van der Waals surface area contributed by atoms with Gasteiger partial charge in [0.15, 0.2) is 5.78 Å². The Kier molecular flexibility index (Phi) is 5.89. The van der Waals surface area contributed by atoms with Crippen LogP contribution in [-0.2, 0) is 14.3 Å². The lowest BCUT2D eigenvalue weighted by molar-refractivity contribution is -0.141. The first-order valence-corrected chi connectivity index (χ1v) is 13.2. The third-order valence-corrected chi connectivity index (χ3v) is 10.3. The van der Waals surface area contributed by atoms with E-state index >= 15 is 0 Å². The maximum atomic E-state index is 12.5. The number of carbonyl (C=O) groups is 2. The second-order valence-corrected chi connectivity index (χ2v) is 11.8. The molecule has 0 unspecified atom stereocenters. The normalized spacial score (nSPS) is 41.2. The van der Waals surface area contributed by atoms with Gasteiger partial charge in [-0.15, -0.1) is 0 Å². The topological polar surface area (TPSA) is 46.6 Å². The molecule has 4 nitrogen and oxygen atoms in total. The van der Waals surface area contributed by atoms with Crippen LogP contribution < -0.4 is 0 Å². The van der Waals surface area contributed by atoms with Crippen LogP contribution in [-0.4, -0.2) is 36.3 Å². The number of allylic oxidation sites excluding steroid dienone is 4. The Hall–Kier alpha value is -1.42. The second-order valence-electron chi connectivity index (χ2n) is 11.8. The second kappa shape index (κ2) is 8.42. The lowest BCUT2D eigenvalue weighted by Crippen LogP contribution is -2.52. The fraction of sp³-hybridized carbons (Fsp3) is 0.786. The molecule has 3 fully saturated rings. The van der Waals surface area contributed by atoms with Crippen molar-refractivity contribution in [2.24, 2.45) is 34.5 Å². The van der Waals surface area contributed by atoms with Crippen molar-refractivity contribution in [1.29, 1.82) is 0 Å². The summed E-state index contributed by atoms with van der Waals surface area (Å²) in [6, 6.07) is 0. The minimum absolute atomic E-state index is 0.0531. The van der Waals surface area contributed by atoms with Gasteiger partial charge in [-0.25, -0.2) is 0 Å². The molecule has 2 saturated carbocycles. The van der Waals surface area contributed by atoms with Gasteiger partial charge in [-0.2, -0.15) is 0 Å². The van der Waals surface area contributed by atoms with Crippen LogP contribution in [0.15, 0.2) is 23.5 Å². The highest BCUT2D eigenvalue weighted by molar-refractivity contribution is 5.95. The minimum atomic E-state index is -0.0531. The van der Waals surface area contributed by atoms with Crippen molar-refractivity contribution in [3.05, 3.63) is 23.5 Å². The summed E-state index contributed by atoms with van der Waals surface area (Å²) < 4.78 is 5.86. The molecule has 32 heavy (non-hydrogen) atoms. The molecule has 0 spiro atoms. The van der Waals surface area contributed by atoms with Crippen molar-refractivity contribution in [1.82, 2.24) is 4.90 Å². The lowest BCUT2D eigenvalue weighted by Gasteiger charge is -2.59. The summed E-state index contributed by atoms with van der Waals surface area (Å²) in [6.07, 6.45) is 15.5. The van der Waals surface area contributed by atoms with E-state index in [9.17, 15) is 9.59 Å². The molecule has 0 aromatic rings. The third kappa shape index (κ3) is 3.71. The number of likely N-dealkylation sites (tertiary alicyclic amines) is 1. The zero-order valence-electron chi connectivity index (χ0n) is 20.3. The average Bonchev–Trinajstić information content (AvgIpc) is 3.39. The summed E-state index contributed by atoms with van der Waals surface area (Å²) in [4.78, 5) is 27.1. The number of nitrogens with zero attached hydrogens (tertiary/aromatic N) is 1. The molecule has 0 aromatic carbocycles. The molecule has 6 atom stereocenters. The number of ether oxygens (including phenoxy) is 1. The van der Waals surface area contributed by atoms with Gasteiger partial charge in [0, 0.05) is 13.0 Å². The number of esters is 1. The summed E-state index contributed by atoms with van der Waals surface area (Å²) in [5.41, 5.74) is 1.51. The van der Waals surface area contributed by atoms with Crippen LogP contribution in [0.4, 0.5) is 0 Å². The molecule has 5 aliphatic rings. The van der Waals surface area contributed by atoms with E-state index in [1.54, 1.807) is 6.92 Å². The number of Topliss-reactive ketones (excluding diaryl/α,β-unsaturated/α-hetero) is 1. The SMILES string of the molecule is CC(=O)C1=CC[C@@H]2[C@H]3CC[C@H]4C=C(OC(=O)CCN5CCCC5)CC[C@]4(C)[C@@H]3CC[C@@]12C. The lowest BCUT2D eigenvalue weighted by atomic mass is 9.45. The van der Waals surface area contributed by atoms with Crippen LogP contribution in [0.1, 0.15) is 85.0 Å². The quantitative estimate of drug-likeness (QED) is 0.517. The molecule has 0 amide bonds. The smallest absolute Gasteiger partial charge is 0.312 e. The van der Waals surface area contributed by atoms with Crippen molar-refractivity contribution < 1.29 is 14.3 Å². The molecular weight excluding hydrogens is 398 g/mol. The Morgan fingerprint density at radius 3 is 2.62 bits per heavy atom. The van der Waals surface area contributed by atoms with Gasteiger partial charge in [0.25, 0.3) is 0 Å². The number of ketones is 1. The monoisotopic (exact) mass is 439 g/mol. The van der Waals surface area contributed by atoms with Crippen LogP contribution in [0.2, 0.25) is 0 Å². The molecule has 1 aliphatic heterocycles. The Morgan fingerprint density at radius 2 is 1.88 bits per heavy atom. The number of carbonyl (C=O) groups excluding carboxylic acids is 2. The first-order valence-electron chi connectivity index (χ1n) is 13.2. The highest BCUT2D eigenvalue weighted by atomic mass is 16.5. The van der Waals surface area contributed by atoms with E-state index in [0.717, 1.165) is 68.5 Å². The van der Waals surface area contributed by atoms with Gasteiger partial charge in [0.2, 0.25) is 0 Å². The maximum absolute atomic E-state index is 12.5. The van der Waals surface area contributed by atoms with Crippen molar-refractivity contribution in [3.63, 3.8) is 0 Å². The van der Waals surface area contributed by atoms with Crippen LogP contribution in [0.5, 0.6) is 0 Å². The van der Waals surface area contributed by atoms with Gasteiger partial charge in [-0.05, 0) is 118 Å². The van der Waals surface area contributed by atoms with Gasteiger partial charge in [-0.1, -0.05) is 19.9 Å². The summed E-state index contributed by atoms with van der Waals surface area (Å²) in [7, 11) is 0. The predicted octanol–water partition coefficient (Wildman–Crippen LogP) is 5.68. The number of rotatable bonds is 5. The van der Waals surface area contributed by atoms with Crippen LogP contribution >= 0.6 is 0 Å². The van der Waals surface area contributed by atoms with Gasteiger partial charge in [-0.3, -0.25) is 9.59 Å². The van der Waals surface area contributed by atoms with Gasteiger partial charge < -0.3 is 9.64 Å². The van der Waals surface area contributed by atoms with E-state index in [1.165, 1.54) is 32.1 Å². The van der Waals surface area contributed by atoms with Crippen LogP contribution in [0, 0.1) is 34.5 Å². The third-order valence-electron chi connectivity index (χ3n) is 10.3. The fourth-order valence-corrected chi connectivity index (χ4v) is 8.48. The van der Waals surface area contributed by atoms with Crippen molar-refractivity contribution in [2.45, 2.75) is 85.0 Å². The predicted molar refractivity (Wildman–Crippen MR) is 126 cm³/mol.